The van der Waals surface area contributed by atoms with Crippen molar-refractivity contribution in [2.75, 3.05) is 6.54 Å². The van der Waals surface area contributed by atoms with Crippen LogP contribution in [-0.4, -0.2) is 45.0 Å². The van der Waals surface area contributed by atoms with E-state index in [2.05, 4.69) is 31.0 Å². The molecule has 0 bridgehead atoms. The molecule has 8 heteroatoms. The van der Waals surface area contributed by atoms with Gasteiger partial charge >= 0.3 is 6.09 Å². The van der Waals surface area contributed by atoms with Crippen LogP contribution in [0.4, 0.5) is 4.79 Å². The van der Waals surface area contributed by atoms with Gasteiger partial charge in [-0.2, -0.15) is 0 Å². The molecule has 1 aromatic carbocycles. The van der Waals surface area contributed by atoms with E-state index in [0.29, 0.717) is 23.9 Å². The topological polar surface area (TPSA) is 75.6 Å². The van der Waals surface area contributed by atoms with Crippen molar-refractivity contribution in [3.8, 4) is 5.75 Å². The van der Waals surface area contributed by atoms with Gasteiger partial charge in [0.1, 0.15) is 15.8 Å². The predicted molar refractivity (Wildman–Crippen MR) is 113 cm³/mol. The lowest BCUT2D eigenvalue weighted by Gasteiger charge is -2.26. The van der Waals surface area contributed by atoms with E-state index in [9.17, 15) is 9.90 Å². The zero-order valence-corrected chi connectivity index (χ0v) is 18.4. The van der Waals surface area contributed by atoms with E-state index < -0.39 is 6.09 Å². The molecule has 29 heavy (non-hydrogen) atoms. The normalized spacial score (nSPS) is 26.6. The van der Waals surface area contributed by atoms with Gasteiger partial charge < -0.3 is 14.7 Å². The number of rotatable bonds is 4. The Labute approximate surface area is 179 Å². The van der Waals surface area contributed by atoms with Crippen molar-refractivity contribution in [3.05, 3.63) is 39.3 Å². The van der Waals surface area contributed by atoms with Gasteiger partial charge in [0.25, 0.3) is 0 Å². The second kappa shape index (κ2) is 7.76. The molecule has 2 aliphatic rings. The number of hydrogen-bond acceptors (Lipinski definition) is 5. The first-order valence-corrected chi connectivity index (χ1v) is 11.1. The van der Waals surface area contributed by atoms with Gasteiger partial charge in [-0.15, -0.1) is 21.5 Å². The minimum absolute atomic E-state index is 0.0501. The van der Waals surface area contributed by atoms with Gasteiger partial charge in [0.05, 0.1) is 6.10 Å². The van der Waals surface area contributed by atoms with Crippen LogP contribution in [0.5, 0.6) is 5.75 Å². The minimum atomic E-state index is -0.847. The number of benzene rings is 1. The maximum atomic E-state index is 11.9. The lowest BCUT2D eigenvalue weighted by Crippen LogP contribution is -2.39. The third-order valence-corrected chi connectivity index (χ3v) is 7.51. The molecule has 156 valence electrons. The van der Waals surface area contributed by atoms with E-state index in [1.807, 2.05) is 24.3 Å². The molecule has 2 aromatic rings. The second-order valence-electron chi connectivity index (χ2n) is 9.05. The SMILES string of the molecule is CC(C)(C)c1nnc(CC2[C@H]3C[C@@H](Oc4ccc(Cl)cc4)C[C@H]3CN2C(=O)O)s1. The molecule has 1 N–H and O–H groups in total. The first kappa shape index (κ1) is 20.4. The van der Waals surface area contributed by atoms with Crippen LogP contribution in [0.25, 0.3) is 0 Å². The van der Waals surface area contributed by atoms with Crippen LogP contribution in [0.15, 0.2) is 24.3 Å². The molecule has 1 aliphatic carbocycles. The van der Waals surface area contributed by atoms with E-state index in [1.165, 1.54) is 0 Å². The van der Waals surface area contributed by atoms with Crippen molar-refractivity contribution >= 4 is 29.0 Å². The summed E-state index contributed by atoms with van der Waals surface area (Å²) in [6, 6.07) is 7.34. The standard InChI is InChI=1S/C21H26ClN3O3S/c1-21(2,3)19-24-23-18(29-19)10-17-16-9-15(8-12(16)11-25(17)20(26)27)28-14-6-4-13(22)5-7-14/h4-7,12,15-17H,8-11H2,1-3H3,(H,26,27)/t12-,15-,16-,17?/m0/s1. The molecule has 1 aromatic heterocycles. The zero-order valence-electron chi connectivity index (χ0n) is 16.8. The van der Waals surface area contributed by atoms with Crippen LogP contribution >= 0.6 is 22.9 Å². The third kappa shape index (κ3) is 4.36. The van der Waals surface area contributed by atoms with Crippen molar-refractivity contribution in [2.45, 2.75) is 57.6 Å². The number of hydrogen-bond donors (Lipinski definition) is 1. The van der Waals surface area contributed by atoms with E-state index in [4.69, 9.17) is 16.3 Å². The molecule has 1 amide bonds. The highest BCUT2D eigenvalue weighted by molar-refractivity contribution is 7.11. The Morgan fingerprint density at radius 1 is 1.28 bits per heavy atom. The van der Waals surface area contributed by atoms with E-state index in [0.717, 1.165) is 28.6 Å². The number of aromatic nitrogens is 2. The van der Waals surface area contributed by atoms with Crippen LogP contribution in [0, 0.1) is 11.8 Å². The van der Waals surface area contributed by atoms with Crippen molar-refractivity contribution < 1.29 is 14.6 Å². The number of amides is 1. The number of likely N-dealkylation sites (tertiary alicyclic amines) is 1. The summed E-state index contributed by atoms with van der Waals surface area (Å²) in [7, 11) is 0. The van der Waals surface area contributed by atoms with Crippen molar-refractivity contribution in [3.63, 3.8) is 0 Å². The monoisotopic (exact) mass is 435 g/mol. The van der Waals surface area contributed by atoms with Crippen LogP contribution < -0.4 is 4.74 Å². The molecular weight excluding hydrogens is 410 g/mol. The summed E-state index contributed by atoms with van der Waals surface area (Å²) in [6.07, 6.45) is 1.60. The molecule has 0 spiro atoms. The van der Waals surface area contributed by atoms with Gasteiger partial charge in [0, 0.05) is 29.4 Å². The zero-order chi connectivity index (χ0) is 20.8. The molecule has 1 saturated heterocycles. The summed E-state index contributed by atoms with van der Waals surface area (Å²) in [6.45, 7) is 6.91. The van der Waals surface area contributed by atoms with Gasteiger partial charge in [-0.3, -0.25) is 0 Å². The van der Waals surface area contributed by atoms with Crippen LogP contribution in [0.3, 0.4) is 0 Å². The average molecular weight is 436 g/mol. The quantitative estimate of drug-likeness (QED) is 0.741. The summed E-state index contributed by atoms with van der Waals surface area (Å²) in [5, 5.41) is 21.0. The summed E-state index contributed by atoms with van der Waals surface area (Å²) >= 11 is 7.54. The molecule has 2 fully saturated rings. The molecule has 2 heterocycles. The Morgan fingerprint density at radius 3 is 2.62 bits per heavy atom. The average Bonchev–Trinajstić information content (AvgIpc) is 3.33. The minimum Gasteiger partial charge on any atom is -0.490 e. The number of fused-ring (bicyclic) bond motifs is 1. The number of carbonyl (C=O) groups is 1. The fourth-order valence-corrected chi connectivity index (χ4v) is 5.58. The Kier molecular flexibility index (Phi) is 5.46. The van der Waals surface area contributed by atoms with E-state index >= 15 is 0 Å². The van der Waals surface area contributed by atoms with Crippen molar-refractivity contribution in [2.24, 2.45) is 11.8 Å². The Morgan fingerprint density at radius 2 is 2.00 bits per heavy atom. The van der Waals surface area contributed by atoms with E-state index in [-0.39, 0.29) is 23.5 Å². The first-order chi connectivity index (χ1) is 13.7. The first-order valence-electron chi connectivity index (χ1n) is 9.95. The molecule has 4 atom stereocenters. The number of carboxylic acid groups (broad SMARTS) is 1. The van der Waals surface area contributed by atoms with Crippen molar-refractivity contribution in [1.82, 2.24) is 15.1 Å². The smallest absolute Gasteiger partial charge is 0.407 e. The summed E-state index contributed by atoms with van der Waals surface area (Å²) in [4.78, 5) is 13.5. The number of ether oxygens (including phenoxy) is 1. The van der Waals surface area contributed by atoms with Gasteiger partial charge in [-0.25, -0.2) is 4.79 Å². The Bertz CT molecular complexity index is 880. The van der Waals surface area contributed by atoms with Crippen molar-refractivity contribution in [1.29, 1.82) is 0 Å². The molecule has 4 rings (SSSR count). The highest BCUT2D eigenvalue weighted by Crippen LogP contribution is 2.45. The summed E-state index contributed by atoms with van der Waals surface area (Å²) in [5.41, 5.74) is -0.0501. The fraction of sp³-hybridized carbons (Fsp3) is 0.571. The molecule has 0 radical (unpaired) electrons. The Balaban J connectivity index is 1.47. The molecule has 6 nitrogen and oxygen atoms in total. The lowest BCUT2D eigenvalue weighted by atomic mass is 9.92. The lowest BCUT2D eigenvalue weighted by molar-refractivity contribution is 0.123. The molecule has 1 unspecified atom stereocenters. The second-order valence-corrected chi connectivity index (χ2v) is 10.5. The molecular formula is C21H26ClN3O3S. The molecule has 1 saturated carbocycles. The van der Waals surface area contributed by atoms with Gasteiger partial charge in [0.2, 0.25) is 0 Å². The number of halogens is 1. The van der Waals surface area contributed by atoms with Gasteiger partial charge in [-0.1, -0.05) is 32.4 Å². The van der Waals surface area contributed by atoms with Gasteiger partial charge in [0.15, 0.2) is 0 Å². The summed E-state index contributed by atoms with van der Waals surface area (Å²) in [5.74, 6) is 1.42. The Hall–Kier alpha value is -1.86. The number of nitrogens with zero attached hydrogens (tertiary/aromatic N) is 3. The van der Waals surface area contributed by atoms with E-state index in [1.54, 1.807) is 16.2 Å². The summed E-state index contributed by atoms with van der Waals surface area (Å²) < 4.78 is 6.16. The highest BCUT2D eigenvalue weighted by Gasteiger charge is 2.50. The fourth-order valence-electron chi connectivity index (χ4n) is 4.51. The van der Waals surface area contributed by atoms with Gasteiger partial charge in [-0.05, 0) is 48.9 Å². The van der Waals surface area contributed by atoms with Crippen LogP contribution in [0.2, 0.25) is 5.02 Å². The molecule has 1 aliphatic heterocycles. The van der Waals surface area contributed by atoms with Crippen LogP contribution in [0.1, 0.15) is 43.6 Å². The third-order valence-electron chi connectivity index (χ3n) is 5.89. The highest BCUT2D eigenvalue weighted by atomic mass is 35.5. The predicted octanol–water partition coefficient (Wildman–Crippen LogP) is 4.87. The maximum Gasteiger partial charge on any atom is 0.407 e. The van der Waals surface area contributed by atoms with Crippen LogP contribution in [-0.2, 0) is 11.8 Å². The maximum absolute atomic E-state index is 11.9. The largest absolute Gasteiger partial charge is 0.490 e.